The van der Waals surface area contributed by atoms with Crippen molar-refractivity contribution in [1.82, 2.24) is 10.3 Å². The number of carboxylic acids is 1. The van der Waals surface area contributed by atoms with Gasteiger partial charge in [0.25, 0.3) is 5.91 Å². The van der Waals surface area contributed by atoms with E-state index in [0.29, 0.717) is 36.8 Å². The van der Waals surface area contributed by atoms with E-state index >= 15 is 0 Å². The van der Waals surface area contributed by atoms with Gasteiger partial charge in [0.1, 0.15) is 5.82 Å². The molecule has 0 bridgehead atoms. The van der Waals surface area contributed by atoms with Gasteiger partial charge in [-0.3, -0.25) is 9.59 Å². The zero-order valence-corrected chi connectivity index (χ0v) is 22.4. The molecular formula is C27H29BrClN3O4. The first-order valence-corrected chi connectivity index (χ1v) is 13.2. The van der Waals surface area contributed by atoms with Crippen LogP contribution in [0.4, 0.5) is 5.82 Å². The van der Waals surface area contributed by atoms with E-state index < -0.39 is 5.97 Å². The van der Waals surface area contributed by atoms with Crippen LogP contribution in [0, 0.1) is 6.92 Å². The predicted molar refractivity (Wildman–Crippen MR) is 145 cm³/mol. The number of carboxylic acid groups (broad SMARTS) is 1. The van der Waals surface area contributed by atoms with Crippen molar-refractivity contribution in [2.45, 2.75) is 32.1 Å². The number of pyridine rings is 1. The molecule has 0 saturated carbocycles. The molecule has 36 heavy (non-hydrogen) atoms. The van der Waals surface area contributed by atoms with Crippen LogP contribution in [-0.4, -0.2) is 54.8 Å². The van der Waals surface area contributed by atoms with E-state index in [0.717, 1.165) is 45.3 Å². The van der Waals surface area contributed by atoms with E-state index in [-0.39, 0.29) is 24.8 Å². The molecule has 2 heterocycles. The molecule has 9 heteroatoms. The maximum absolute atomic E-state index is 13.7. The summed E-state index contributed by atoms with van der Waals surface area (Å²) in [6, 6.07) is 13.1. The minimum Gasteiger partial charge on any atom is -0.481 e. The Morgan fingerprint density at radius 3 is 2.81 bits per heavy atom. The SMILES string of the molecule is Cc1c(N2CCCOCC2)nc2ccc(Br)cc2c1C(=O)NCC(CCC(=O)O)c1ccccc1Cl. The van der Waals surface area contributed by atoms with Crippen molar-refractivity contribution in [3.8, 4) is 0 Å². The van der Waals surface area contributed by atoms with Gasteiger partial charge < -0.3 is 20.1 Å². The second-order valence-corrected chi connectivity index (χ2v) is 10.2. The predicted octanol–water partition coefficient (Wildman–Crippen LogP) is 5.56. The normalized spacial score (nSPS) is 14.9. The number of aromatic nitrogens is 1. The van der Waals surface area contributed by atoms with E-state index in [1.807, 2.05) is 43.3 Å². The summed E-state index contributed by atoms with van der Waals surface area (Å²) in [7, 11) is 0. The Balaban J connectivity index is 1.67. The molecule has 0 spiro atoms. The van der Waals surface area contributed by atoms with Crippen molar-refractivity contribution >= 4 is 56.1 Å². The van der Waals surface area contributed by atoms with Gasteiger partial charge in [0.05, 0.1) is 17.7 Å². The molecule has 7 nitrogen and oxygen atoms in total. The van der Waals surface area contributed by atoms with Crippen LogP contribution in [0.25, 0.3) is 10.9 Å². The lowest BCUT2D eigenvalue weighted by atomic mass is 9.93. The number of benzene rings is 2. The average Bonchev–Trinajstić information content (AvgIpc) is 3.13. The van der Waals surface area contributed by atoms with Crippen LogP contribution in [0.1, 0.15) is 46.7 Å². The Morgan fingerprint density at radius 1 is 1.22 bits per heavy atom. The number of rotatable bonds is 8. The molecule has 0 radical (unpaired) electrons. The first-order chi connectivity index (χ1) is 17.3. The summed E-state index contributed by atoms with van der Waals surface area (Å²) in [5.41, 5.74) is 2.94. The summed E-state index contributed by atoms with van der Waals surface area (Å²) >= 11 is 9.94. The average molecular weight is 575 g/mol. The number of hydrogen-bond donors (Lipinski definition) is 2. The van der Waals surface area contributed by atoms with Gasteiger partial charge >= 0.3 is 5.97 Å². The number of fused-ring (bicyclic) bond motifs is 1. The Kier molecular flexibility index (Phi) is 8.82. The molecule has 1 aliphatic rings. The smallest absolute Gasteiger partial charge is 0.303 e. The maximum Gasteiger partial charge on any atom is 0.303 e. The quantitative estimate of drug-likeness (QED) is 0.366. The minimum atomic E-state index is -0.884. The standard InChI is InChI=1S/C27H29BrClN3O4/c1-17-25(27(35)30-16-18(7-10-24(33)34)20-5-2-3-6-22(20)29)21-15-19(28)8-9-23(21)31-26(17)32-11-4-13-36-14-12-32/h2-3,5-6,8-9,15,18H,4,7,10-14,16H2,1H3,(H,30,35)(H,33,34). The van der Waals surface area contributed by atoms with Crippen LogP contribution in [0.15, 0.2) is 46.9 Å². The van der Waals surface area contributed by atoms with Crippen molar-refractivity contribution in [2.75, 3.05) is 37.7 Å². The molecule has 1 aromatic heterocycles. The highest BCUT2D eigenvalue weighted by Gasteiger charge is 2.24. The summed E-state index contributed by atoms with van der Waals surface area (Å²) in [5.74, 6) is -0.557. The van der Waals surface area contributed by atoms with Gasteiger partial charge in [-0.2, -0.15) is 0 Å². The van der Waals surface area contributed by atoms with Crippen LogP contribution in [-0.2, 0) is 9.53 Å². The number of nitrogens with zero attached hydrogens (tertiary/aromatic N) is 2. The van der Waals surface area contributed by atoms with Crippen molar-refractivity contribution in [3.63, 3.8) is 0 Å². The summed E-state index contributed by atoms with van der Waals surface area (Å²) in [4.78, 5) is 32.1. The topological polar surface area (TPSA) is 91.8 Å². The van der Waals surface area contributed by atoms with Crippen molar-refractivity contribution < 1.29 is 19.4 Å². The fraction of sp³-hybridized carbons (Fsp3) is 0.370. The van der Waals surface area contributed by atoms with Crippen molar-refractivity contribution in [1.29, 1.82) is 0 Å². The van der Waals surface area contributed by atoms with Crippen LogP contribution >= 0.6 is 27.5 Å². The van der Waals surface area contributed by atoms with E-state index in [1.54, 1.807) is 6.07 Å². The van der Waals surface area contributed by atoms with Crippen LogP contribution in [0.2, 0.25) is 5.02 Å². The first-order valence-electron chi connectivity index (χ1n) is 12.0. The third-order valence-corrected chi connectivity index (χ3v) is 7.31. The number of aliphatic carboxylic acids is 1. The molecule has 2 aromatic carbocycles. The largest absolute Gasteiger partial charge is 0.481 e. The molecule has 1 aliphatic heterocycles. The Labute approximate surface area is 223 Å². The number of nitrogens with one attached hydrogen (secondary N) is 1. The molecular weight excluding hydrogens is 546 g/mol. The van der Waals surface area contributed by atoms with Crippen LogP contribution in [0.3, 0.4) is 0 Å². The minimum absolute atomic E-state index is 0.0168. The van der Waals surface area contributed by atoms with Gasteiger partial charge in [0.15, 0.2) is 0 Å². The molecule has 1 atom stereocenters. The lowest BCUT2D eigenvalue weighted by Gasteiger charge is -2.25. The molecule has 1 amide bonds. The zero-order valence-electron chi connectivity index (χ0n) is 20.1. The van der Waals surface area contributed by atoms with Gasteiger partial charge in [0.2, 0.25) is 0 Å². The third kappa shape index (κ3) is 6.17. The van der Waals surface area contributed by atoms with E-state index in [2.05, 4.69) is 26.1 Å². The number of anilines is 1. The van der Waals surface area contributed by atoms with Gasteiger partial charge in [-0.15, -0.1) is 0 Å². The van der Waals surface area contributed by atoms with E-state index in [1.165, 1.54) is 0 Å². The summed E-state index contributed by atoms with van der Waals surface area (Å²) in [6.07, 6.45) is 1.24. The zero-order chi connectivity index (χ0) is 25.7. The van der Waals surface area contributed by atoms with Gasteiger partial charge in [-0.25, -0.2) is 4.98 Å². The Bertz CT molecular complexity index is 1260. The molecule has 2 N–H and O–H groups in total. The van der Waals surface area contributed by atoms with Gasteiger partial charge in [-0.05, 0) is 49.6 Å². The number of ether oxygens (including phenoxy) is 1. The fourth-order valence-corrected chi connectivity index (χ4v) is 5.30. The highest BCUT2D eigenvalue weighted by Crippen LogP contribution is 2.32. The highest BCUT2D eigenvalue weighted by molar-refractivity contribution is 9.10. The van der Waals surface area contributed by atoms with E-state index in [4.69, 9.17) is 21.3 Å². The van der Waals surface area contributed by atoms with Gasteiger partial charge in [-0.1, -0.05) is 45.7 Å². The fourth-order valence-electron chi connectivity index (χ4n) is 4.65. The van der Waals surface area contributed by atoms with Crippen molar-refractivity contribution in [2.24, 2.45) is 0 Å². The molecule has 0 aliphatic carbocycles. The summed E-state index contributed by atoms with van der Waals surface area (Å²) in [5, 5.41) is 13.6. The lowest BCUT2D eigenvalue weighted by Crippen LogP contribution is -2.32. The molecule has 3 aromatic rings. The molecule has 1 fully saturated rings. The van der Waals surface area contributed by atoms with Crippen molar-refractivity contribution in [3.05, 3.63) is 68.7 Å². The third-order valence-electron chi connectivity index (χ3n) is 6.47. The second kappa shape index (κ2) is 12.0. The number of carbonyl (C=O) groups is 2. The Morgan fingerprint density at radius 2 is 2.03 bits per heavy atom. The molecule has 4 rings (SSSR count). The summed E-state index contributed by atoms with van der Waals surface area (Å²) < 4.78 is 6.47. The number of amides is 1. The van der Waals surface area contributed by atoms with Gasteiger partial charge in [0, 0.05) is 59.0 Å². The number of hydrogen-bond acceptors (Lipinski definition) is 5. The maximum atomic E-state index is 13.7. The summed E-state index contributed by atoms with van der Waals surface area (Å²) in [6.45, 7) is 5.04. The highest BCUT2D eigenvalue weighted by atomic mass is 79.9. The molecule has 1 saturated heterocycles. The van der Waals surface area contributed by atoms with E-state index in [9.17, 15) is 14.7 Å². The monoisotopic (exact) mass is 573 g/mol. The number of carbonyl (C=O) groups excluding carboxylic acids is 1. The number of halogens is 2. The molecule has 1 unspecified atom stereocenters. The lowest BCUT2D eigenvalue weighted by molar-refractivity contribution is -0.137. The second-order valence-electron chi connectivity index (χ2n) is 8.91. The Hall–Kier alpha value is -2.68. The van der Waals surface area contributed by atoms with Crippen LogP contribution in [0.5, 0.6) is 0 Å². The first kappa shape index (κ1) is 26.4. The van der Waals surface area contributed by atoms with Crippen LogP contribution < -0.4 is 10.2 Å². The molecule has 190 valence electrons.